The first kappa shape index (κ1) is 14.6. The van der Waals surface area contributed by atoms with Gasteiger partial charge in [-0.25, -0.2) is 13.8 Å². The van der Waals surface area contributed by atoms with E-state index in [2.05, 4.69) is 15.2 Å². The van der Waals surface area contributed by atoms with Crippen molar-refractivity contribution < 1.29 is 8.78 Å². The number of aryl methyl sites for hydroxylation is 1. The Kier molecular flexibility index (Phi) is 4.15. The topological polar surface area (TPSA) is 43.6 Å². The van der Waals surface area contributed by atoms with Crippen LogP contribution >= 0.6 is 11.8 Å². The summed E-state index contributed by atoms with van der Waals surface area (Å²) in [5.74, 6) is 0.899. The molecule has 0 N–H and O–H groups in total. The molecule has 0 unspecified atom stereocenters. The summed E-state index contributed by atoms with van der Waals surface area (Å²) >= 11 is 1.30. The van der Waals surface area contributed by atoms with E-state index in [-0.39, 0.29) is 0 Å². The first-order valence-electron chi connectivity index (χ1n) is 6.54. The molecule has 3 aromatic rings. The molecule has 0 bridgehead atoms. The lowest BCUT2D eigenvalue weighted by Crippen LogP contribution is -2.00. The van der Waals surface area contributed by atoms with E-state index in [0.29, 0.717) is 22.2 Å². The average Bonchev–Trinajstić information content (AvgIpc) is 2.95. The fourth-order valence-corrected chi connectivity index (χ4v) is 2.73. The number of benzene rings is 1. The highest BCUT2D eigenvalue weighted by Crippen LogP contribution is 2.23. The van der Waals surface area contributed by atoms with E-state index < -0.39 is 11.6 Å². The van der Waals surface area contributed by atoms with E-state index in [4.69, 9.17) is 0 Å². The van der Waals surface area contributed by atoms with Crippen LogP contribution in [0.2, 0.25) is 0 Å². The number of aromatic nitrogens is 4. The fourth-order valence-electron chi connectivity index (χ4n) is 1.94. The van der Waals surface area contributed by atoms with Crippen LogP contribution in [0.4, 0.5) is 8.78 Å². The number of thioether (sulfide) groups is 1. The molecule has 3 rings (SSSR count). The van der Waals surface area contributed by atoms with Gasteiger partial charge in [-0.2, -0.15) is 0 Å². The minimum Gasteiger partial charge on any atom is -0.287 e. The molecule has 0 saturated heterocycles. The Bertz CT molecular complexity index is 786. The van der Waals surface area contributed by atoms with Crippen molar-refractivity contribution in [2.24, 2.45) is 0 Å². The van der Waals surface area contributed by atoms with Crippen molar-refractivity contribution >= 4 is 11.8 Å². The summed E-state index contributed by atoms with van der Waals surface area (Å²) in [5, 5.41) is 8.85. The van der Waals surface area contributed by atoms with Crippen molar-refractivity contribution in [2.45, 2.75) is 17.7 Å². The molecular formula is C15H12F2N4S. The van der Waals surface area contributed by atoms with Crippen molar-refractivity contribution in [3.63, 3.8) is 0 Å². The lowest BCUT2D eigenvalue weighted by atomic mass is 10.2. The zero-order valence-electron chi connectivity index (χ0n) is 11.7. The predicted molar refractivity (Wildman–Crippen MR) is 79.8 cm³/mol. The molecule has 0 radical (unpaired) electrons. The van der Waals surface area contributed by atoms with Crippen LogP contribution in [0.1, 0.15) is 11.4 Å². The highest BCUT2D eigenvalue weighted by Gasteiger charge is 2.07. The van der Waals surface area contributed by atoms with Crippen LogP contribution in [0.15, 0.2) is 47.8 Å². The highest BCUT2D eigenvalue weighted by molar-refractivity contribution is 7.98. The highest BCUT2D eigenvalue weighted by atomic mass is 32.2. The molecule has 0 aliphatic rings. The Morgan fingerprint density at radius 1 is 1.14 bits per heavy atom. The smallest absolute Gasteiger partial charge is 0.160 e. The van der Waals surface area contributed by atoms with Gasteiger partial charge in [-0.05, 0) is 37.3 Å². The van der Waals surface area contributed by atoms with Gasteiger partial charge in [0.25, 0.3) is 0 Å². The molecule has 112 valence electrons. The molecule has 2 heterocycles. The minimum atomic E-state index is -0.450. The van der Waals surface area contributed by atoms with Gasteiger partial charge >= 0.3 is 0 Å². The second-order valence-electron chi connectivity index (χ2n) is 4.60. The van der Waals surface area contributed by atoms with Crippen LogP contribution in [0.5, 0.6) is 0 Å². The summed E-state index contributed by atoms with van der Waals surface area (Å²) in [4.78, 5) is 4.12. The number of halogens is 2. The van der Waals surface area contributed by atoms with Crippen molar-refractivity contribution in [1.29, 1.82) is 0 Å². The van der Waals surface area contributed by atoms with Gasteiger partial charge in [0.05, 0.1) is 0 Å². The van der Waals surface area contributed by atoms with Crippen molar-refractivity contribution in [3.8, 4) is 5.82 Å². The Hall–Kier alpha value is -2.28. The Morgan fingerprint density at radius 2 is 2.00 bits per heavy atom. The van der Waals surface area contributed by atoms with E-state index in [1.807, 2.05) is 17.6 Å². The molecular weight excluding hydrogens is 306 g/mol. The van der Waals surface area contributed by atoms with Crippen LogP contribution in [0.25, 0.3) is 5.82 Å². The third kappa shape index (κ3) is 3.14. The van der Waals surface area contributed by atoms with Gasteiger partial charge < -0.3 is 0 Å². The standard InChI is InChI=1S/C15H12F2N4S/c1-10-18-6-7-21(10)14-4-5-15(20-19-14)22-9-11-8-12(16)2-3-13(11)17/h2-8H,9H2,1H3. The van der Waals surface area contributed by atoms with Crippen molar-refractivity contribution in [3.05, 3.63) is 65.7 Å². The maximum atomic E-state index is 13.5. The number of hydrogen-bond acceptors (Lipinski definition) is 4. The van der Waals surface area contributed by atoms with Crippen molar-refractivity contribution in [2.75, 3.05) is 0 Å². The van der Waals surface area contributed by atoms with Crippen LogP contribution in [-0.2, 0) is 5.75 Å². The second-order valence-corrected chi connectivity index (χ2v) is 5.59. The van der Waals surface area contributed by atoms with Gasteiger partial charge in [0, 0.05) is 23.7 Å². The first-order valence-corrected chi connectivity index (χ1v) is 7.53. The van der Waals surface area contributed by atoms with E-state index in [9.17, 15) is 8.78 Å². The molecule has 4 nitrogen and oxygen atoms in total. The van der Waals surface area contributed by atoms with Gasteiger partial charge in [-0.15, -0.1) is 10.2 Å². The number of nitrogens with zero attached hydrogens (tertiary/aromatic N) is 4. The third-order valence-electron chi connectivity index (χ3n) is 3.08. The van der Waals surface area contributed by atoms with E-state index in [1.165, 1.54) is 17.8 Å². The van der Waals surface area contributed by atoms with Crippen LogP contribution < -0.4 is 0 Å². The lowest BCUT2D eigenvalue weighted by Gasteiger charge is -2.05. The molecule has 0 saturated carbocycles. The molecule has 0 aliphatic carbocycles. The zero-order valence-corrected chi connectivity index (χ0v) is 12.5. The fraction of sp³-hybridized carbons (Fsp3) is 0.133. The van der Waals surface area contributed by atoms with Gasteiger partial charge in [0.1, 0.15) is 22.5 Å². The summed E-state index contributed by atoms with van der Waals surface area (Å²) in [6.07, 6.45) is 3.49. The molecule has 22 heavy (non-hydrogen) atoms. The molecule has 1 aromatic carbocycles. The molecule has 0 amide bonds. The summed E-state index contributed by atoms with van der Waals surface area (Å²) in [6.45, 7) is 1.87. The molecule has 2 aromatic heterocycles. The second kappa shape index (κ2) is 6.23. The Morgan fingerprint density at radius 3 is 2.68 bits per heavy atom. The van der Waals surface area contributed by atoms with Crippen LogP contribution in [0.3, 0.4) is 0 Å². The summed E-state index contributed by atoms with van der Waals surface area (Å²) in [6, 6.07) is 7.03. The first-order chi connectivity index (χ1) is 10.6. The van der Waals surface area contributed by atoms with Gasteiger partial charge in [0.2, 0.25) is 0 Å². The molecule has 0 atom stereocenters. The van der Waals surface area contributed by atoms with Crippen LogP contribution in [-0.4, -0.2) is 19.7 Å². The van der Waals surface area contributed by atoms with E-state index >= 15 is 0 Å². The molecule has 0 spiro atoms. The Labute approximate surface area is 130 Å². The monoisotopic (exact) mass is 318 g/mol. The zero-order chi connectivity index (χ0) is 15.5. The quantitative estimate of drug-likeness (QED) is 0.690. The summed E-state index contributed by atoms with van der Waals surface area (Å²) in [7, 11) is 0. The lowest BCUT2D eigenvalue weighted by molar-refractivity contribution is 0.591. The number of imidazole rings is 1. The molecule has 0 fully saturated rings. The summed E-state index contributed by atoms with van der Waals surface area (Å²) in [5.41, 5.74) is 0.307. The Balaban J connectivity index is 1.71. The van der Waals surface area contributed by atoms with Gasteiger partial charge in [0.15, 0.2) is 5.82 Å². The van der Waals surface area contributed by atoms with Gasteiger partial charge in [-0.1, -0.05) is 11.8 Å². The number of hydrogen-bond donors (Lipinski definition) is 0. The van der Waals surface area contributed by atoms with E-state index in [0.717, 1.165) is 18.0 Å². The maximum absolute atomic E-state index is 13.5. The number of rotatable bonds is 4. The molecule has 0 aliphatic heterocycles. The predicted octanol–water partition coefficient (Wildman–Crippen LogP) is 3.54. The van der Waals surface area contributed by atoms with Crippen molar-refractivity contribution in [1.82, 2.24) is 19.7 Å². The largest absolute Gasteiger partial charge is 0.287 e. The van der Waals surface area contributed by atoms with Gasteiger partial charge in [-0.3, -0.25) is 4.57 Å². The SMILES string of the molecule is Cc1nccn1-c1ccc(SCc2cc(F)ccc2F)nn1. The van der Waals surface area contributed by atoms with Crippen LogP contribution in [0, 0.1) is 18.6 Å². The normalized spacial score (nSPS) is 10.9. The minimum absolute atomic E-state index is 0.293. The third-order valence-corrected chi connectivity index (χ3v) is 4.05. The average molecular weight is 318 g/mol. The maximum Gasteiger partial charge on any atom is 0.160 e. The van der Waals surface area contributed by atoms with E-state index in [1.54, 1.807) is 18.5 Å². The summed E-state index contributed by atoms with van der Waals surface area (Å²) < 4.78 is 28.5. The molecule has 7 heteroatoms.